The average molecular weight is 467 g/mol. The highest BCUT2D eigenvalue weighted by atomic mass is 32.2. The lowest BCUT2D eigenvalue weighted by Gasteiger charge is -2.15. The van der Waals surface area contributed by atoms with Gasteiger partial charge in [-0.25, -0.2) is 9.78 Å². The largest absolute Gasteiger partial charge is 0.494 e. The second-order valence-corrected chi connectivity index (χ2v) is 9.21. The molecule has 33 heavy (non-hydrogen) atoms. The van der Waals surface area contributed by atoms with Crippen LogP contribution in [-0.2, 0) is 19.8 Å². The Kier molecular flexibility index (Phi) is 6.01. The predicted molar refractivity (Wildman–Crippen MR) is 130 cm³/mol. The third-order valence-corrected chi connectivity index (χ3v) is 6.93. The van der Waals surface area contributed by atoms with Gasteiger partial charge < -0.3 is 15.8 Å². The minimum atomic E-state index is -0.514. The molecule has 0 aliphatic heterocycles. The van der Waals surface area contributed by atoms with Crippen LogP contribution in [0.3, 0.4) is 0 Å². The molecule has 170 valence electrons. The number of aromatic nitrogens is 3. The summed E-state index contributed by atoms with van der Waals surface area (Å²) in [7, 11) is 2.61. The van der Waals surface area contributed by atoms with Crippen LogP contribution in [0.1, 0.15) is 22.8 Å². The van der Waals surface area contributed by atoms with Gasteiger partial charge in [0.15, 0.2) is 11.4 Å². The highest BCUT2D eigenvalue weighted by Gasteiger charge is 2.27. The van der Waals surface area contributed by atoms with Crippen molar-refractivity contribution in [3.63, 3.8) is 0 Å². The van der Waals surface area contributed by atoms with E-state index >= 15 is 0 Å². The van der Waals surface area contributed by atoms with Crippen LogP contribution < -0.4 is 27.0 Å². The number of nitrogens with one attached hydrogen (secondary N) is 1. The molecule has 0 fully saturated rings. The molecule has 0 unspecified atom stereocenters. The predicted octanol–water partition coefficient (Wildman–Crippen LogP) is 2.66. The molecule has 1 aromatic carbocycles. The number of hydrogen-bond acceptors (Lipinski definition) is 6. The minimum absolute atomic E-state index is 0.0417. The van der Waals surface area contributed by atoms with Gasteiger partial charge in [0, 0.05) is 25.3 Å². The molecule has 3 heterocycles. The van der Waals surface area contributed by atoms with Gasteiger partial charge in [-0.3, -0.25) is 18.7 Å². The van der Waals surface area contributed by atoms with E-state index in [0.29, 0.717) is 29.4 Å². The van der Waals surface area contributed by atoms with E-state index in [2.05, 4.69) is 10.3 Å². The van der Waals surface area contributed by atoms with Gasteiger partial charge in [-0.2, -0.15) is 0 Å². The molecule has 9 nitrogen and oxygen atoms in total. The van der Waals surface area contributed by atoms with Gasteiger partial charge in [-0.1, -0.05) is 0 Å². The van der Waals surface area contributed by atoms with E-state index < -0.39 is 17.2 Å². The lowest BCUT2D eigenvalue weighted by atomic mass is 10.1. The maximum atomic E-state index is 13.4. The van der Waals surface area contributed by atoms with Gasteiger partial charge in [0.2, 0.25) is 0 Å². The molecule has 0 saturated carbocycles. The Hall–Kier alpha value is -3.92. The molecule has 0 radical (unpaired) electrons. The molecule has 0 bridgehead atoms. The first-order chi connectivity index (χ1) is 15.8. The van der Waals surface area contributed by atoms with E-state index in [4.69, 9.17) is 10.5 Å². The standard InChI is InChI=1S/C23H23N5O4S/c1-4-32-15-9-7-14(8-10-15)25-21(29)17-16(13-33-11-5-6-12-33)18-20(26-19(17)24)27(2)23(31)28(3)22(18)30/h5-12H,4,13H2,1-3H3,(H2-,24,25,26,29,30)/p+1. The summed E-state index contributed by atoms with van der Waals surface area (Å²) in [6.07, 6.45) is 0. The Labute approximate surface area is 192 Å². The maximum absolute atomic E-state index is 13.4. The summed E-state index contributed by atoms with van der Waals surface area (Å²) in [6, 6.07) is 10.8. The highest BCUT2D eigenvalue weighted by Crippen LogP contribution is 2.31. The quantitative estimate of drug-likeness (QED) is 0.422. The second-order valence-electron chi connectivity index (χ2n) is 7.44. The number of nitrogens with two attached hydrogens (primary N) is 1. The second kappa shape index (κ2) is 8.91. The van der Waals surface area contributed by atoms with E-state index in [1.165, 1.54) is 18.7 Å². The van der Waals surface area contributed by atoms with Crippen molar-refractivity contribution < 1.29 is 9.53 Å². The zero-order chi connectivity index (χ0) is 23.7. The number of thiophene rings is 1. The van der Waals surface area contributed by atoms with Gasteiger partial charge in [-0.15, -0.1) is 0 Å². The van der Waals surface area contributed by atoms with Crippen LogP contribution in [0.4, 0.5) is 11.5 Å². The summed E-state index contributed by atoms with van der Waals surface area (Å²) in [4.78, 5) is 43.2. The first-order valence-corrected chi connectivity index (χ1v) is 11.8. The fourth-order valence-corrected chi connectivity index (χ4v) is 5.16. The van der Waals surface area contributed by atoms with Crippen molar-refractivity contribution in [1.82, 2.24) is 14.1 Å². The number of nitrogens with zero attached hydrogens (tertiary/aromatic N) is 3. The molecule has 4 rings (SSSR count). The first-order valence-electron chi connectivity index (χ1n) is 10.3. The number of aryl methyl sites for hydroxylation is 1. The van der Waals surface area contributed by atoms with Crippen LogP contribution in [0.15, 0.2) is 56.7 Å². The number of hydrogen-bond donors (Lipinski definition) is 2. The van der Waals surface area contributed by atoms with Crippen molar-refractivity contribution in [3.8, 4) is 5.75 Å². The third-order valence-electron chi connectivity index (χ3n) is 5.30. The summed E-state index contributed by atoms with van der Waals surface area (Å²) in [5.41, 5.74) is 6.52. The first kappa shape index (κ1) is 22.3. The van der Waals surface area contributed by atoms with Crippen molar-refractivity contribution >= 4 is 38.9 Å². The number of carbonyl (C=O) groups is 1. The van der Waals surface area contributed by atoms with Crippen molar-refractivity contribution in [2.75, 3.05) is 17.7 Å². The Morgan fingerprint density at radius 1 is 1.12 bits per heavy atom. The minimum Gasteiger partial charge on any atom is -0.494 e. The molecule has 3 aromatic heterocycles. The molecule has 0 saturated heterocycles. The van der Waals surface area contributed by atoms with Crippen LogP contribution in [0.25, 0.3) is 11.0 Å². The monoisotopic (exact) mass is 466 g/mol. The summed E-state index contributed by atoms with van der Waals surface area (Å²) < 4.78 is 7.72. The molecular formula is C23H24N5O4S+. The van der Waals surface area contributed by atoms with E-state index in [1.54, 1.807) is 24.3 Å². The topological polar surface area (TPSA) is 121 Å². The number of fused-ring (bicyclic) bond motifs is 1. The Morgan fingerprint density at radius 2 is 1.79 bits per heavy atom. The van der Waals surface area contributed by atoms with Gasteiger partial charge in [0.25, 0.3) is 11.5 Å². The van der Waals surface area contributed by atoms with Crippen LogP contribution in [0, 0.1) is 0 Å². The average Bonchev–Trinajstić information content (AvgIpc) is 3.30. The number of benzene rings is 1. The zero-order valence-corrected chi connectivity index (χ0v) is 19.3. The lowest BCUT2D eigenvalue weighted by Crippen LogP contribution is -2.38. The van der Waals surface area contributed by atoms with Crippen molar-refractivity contribution in [2.24, 2.45) is 14.1 Å². The number of anilines is 2. The smallest absolute Gasteiger partial charge is 0.332 e. The molecule has 0 aliphatic rings. The van der Waals surface area contributed by atoms with E-state index in [-0.39, 0.29) is 32.9 Å². The number of ether oxygens (including phenoxy) is 1. The molecule has 3 N–H and O–H groups in total. The Morgan fingerprint density at radius 3 is 2.42 bits per heavy atom. The third kappa shape index (κ3) is 4.12. The number of amides is 1. The van der Waals surface area contributed by atoms with Crippen molar-refractivity contribution in [2.45, 2.75) is 12.7 Å². The molecule has 4 aromatic rings. The van der Waals surface area contributed by atoms with E-state index in [0.717, 1.165) is 4.57 Å². The summed E-state index contributed by atoms with van der Waals surface area (Å²) >= 11 is 0. The van der Waals surface area contributed by atoms with Gasteiger partial charge in [0.05, 0.1) is 17.6 Å². The van der Waals surface area contributed by atoms with Crippen molar-refractivity contribution in [3.05, 3.63) is 79.1 Å². The molecule has 0 aliphatic carbocycles. The van der Waals surface area contributed by atoms with Crippen LogP contribution in [0.2, 0.25) is 0 Å². The maximum Gasteiger partial charge on any atom is 0.332 e. The Bertz CT molecular complexity index is 1450. The van der Waals surface area contributed by atoms with Crippen LogP contribution in [-0.4, -0.2) is 26.6 Å². The number of carbonyl (C=O) groups excluding carboxylic acids is 1. The van der Waals surface area contributed by atoms with E-state index in [1.807, 2.05) is 29.8 Å². The van der Waals surface area contributed by atoms with Crippen LogP contribution in [0.5, 0.6) is 5.75 Å². The fourth-order valence-electron chi connectivity index (χ4n) is 3.67. The number of pyridine rings is 1. The van der Waals surface area contributed by atoms with Gasteiger partial charge in [-0.05, 0) is 53.8 Å². The zero-order valence-electron chi connectivity index (χ0n) is 18.5. The number of rotatable bonds is 6. The summed E-state index contributed by atoms with van der Waals surface area (Å²) in [5, 5.41) is 7.05. The molecular weight excluding hydrogens is 442 g/mol. The normalized spacial score (nSPS) is 11.0. The SMILES string of the molecule is CCOc1ccc(NC(=O)c2c(N)nc3c(c2C[s+]2cccc2)c(=O)n(C)c(=O)n3C)cc1. The molecule has 0 spiro atoms. The van der Waals surface area contributed by atoms with Crippen molar-refractivity contribution in [1.29, 1.82) is 0 Å². The van der Waals surface area contributed by atoms with Gasteiger partial charge in [0.1, 0.15) is 22.3 Å². The Balaban J connectivity index is 1.89. The van der Waals surface area contributed by atoms with E-state index in [9.17, 15) is 14.4 Å². The van der Waals surface area contributed by atoms with Crippen LogP contribution >= 0.6 is 10.5 Å². The highest BCUT2D eigenvalue weighted by molar-refractivity contribution is 7.27. The summed E-state index contributed by atoms with van der Waals surface area (Å²) in [5.74, 6) is 0.552. The fraction of sp³-hybridized carbons (Fsp3) is 0.217. The molecule has 1 amide bonds. The lowest BCUT2D eigenvalue weighted by molar-refractivity contribution is 0.102. The van der Waals surface area contributed by atoms with Gasteiger partial charge >= 0.3 is 5.69 Å². The number of nitrogen functional groups attached to an aromatic ring is 1. The molecule has 10 heteroatoms. The molecule has 0 atom stereocenters. The summed E-state index contributed by atoms with van der Waals surface area (Å²) in [6.45, 7) is 2.43.